The van der Waals surface area contributed by atoms with Gasteiger partial charge in [0.1, 0.15) is 23.0 Å². The first kappa shape index (κ1) is 30.2. The third-order valence-corrected chi connectivity index (χ3v) is 6.24. The van der Waals surface area contributed by atoms with Crippen molar-refractivity contribution < 1.29 is 38.7 Å². The highest BCUT2D eigenvalue weighted by Gasteiger charge is 2.33. The number of para-hydroxylation sites is 1. The molecule has 0 spiro atoms. The van der Waals surface area contributed by atoms with Crippen LogP contribution in [-0.2, 0) is 23.7 Å². The summed E-state index contributed by atoms with van der Waals surface area (Å²) in [4.78, 5) is 17.5. The number of aliphatic hydroxyl groups excluding tert-OH is 1. The van der Waals surface area contributed by atoms with Crippen LogP contribution in [0.25, 0.3) is 6.08 Å². The van der Waals surface area contributed by atoms with Gasteiger partial charge in [0, 0.05) is 6.61 Å². The molecule has 2 aromatic carbocycles. The number of phenols is 1. The molecular formula is C29H35NO8S. The summed E-state index contributed by atoms with van der Waals surface area (Å²) >= 11 is 1.15. The van der Waals surface area contributed by atoms with E-state index in [2.05, 4.69) is 11.9 Å². The first-order valence-corrected chi connectivity index (χ1v) is 13.7. The van der Waals surface area contributed by atoms with Gasteiger partial charge in [0.2, 0.25) is 0 Å². The van der Waals surface area contributed by atoms with Gasteiger partial charge in [-0.3, -0.25) is 0 Å². The van der Waals surface area contributed by atoms with Gasteiger partial charge in [-0.05, 0) is 49.2 Å². The van der Waals surface area contributed by atoms with Gasteiger partial charge in [-0.2, -0.15) is 0 Å². The van der Waals surface area contributed by atoms with E-state index in [0.29, 0.717) is 60.0 Å². The zero-order valence-electron chi connectivity index (χ0n) is 22.3. The number of phenolic OH excluding ortho intramolecular Hbond substituents is 1. The lowest BCUT2D eigenvalue weighted by molar-refractivity contribution is -0.138. The number of hydrogen-bond acceptors (Lipinski definition) is 10. The second kappa shape index (κ2) is 16.6. The van der Waals surface area contributed by atoms with E-state index < -0.39 is 5.97 Å². The topological polar surface area (TPSA) is 116 Å². The zero-order chi connectivity index (χ0) is 27.9. The van der Waals surface area contributed by atoms with E-state index >= 15 is 0 Å². The van der Waals surface area contributed by atoms with Gasteiger partial charge in [0.05, 0.1) is 50.2 Å². The first-order valence-electron chi connectivity index (χ1n) is 12.9. The summed E-state index contributed by atoms with van der Waals surface area (Å²) in [5.74, 6) is -0.623. The fourth-order valence-corrected chi connectivity index (χ4v) is 4.44. The smallest absolute Gasteiger partial charge is 0.344 e. The van der Waals surface area contributed by atoms with Gasteiger partial charge in [-0.1, -0.05) is 43.0 Å². The molecule has 0 bridgehead atoms. The third kappa shape index (κ3) is 9.74. The van der Waals surface area contributed by atoms with E-state index in [9.17, 15) is 15.0 Å². The lowest BCUT2D eigenvalue weighted by Crippen LogP contribution is -2.12. The van der Waals surface area contributed by atoms with Crippen molar-refractivity contribution in [2.24, 2.45) is 4.99 Å². The Morgan fingerprint density at radius 2 is 1.56 bits per heavy atom. The highest BCUT2D eigenvalue weighted by atomic mass is 32.2. The second-order valence-electron chi connectivity index (χ2n) is 8.22. The predicted molar refractivity (Wildman–Crippen MR) is 152 cm³/mol. The Balaban J connectivity index is 1.56. The maximum absolute atomic E-state index is 12.6. The molecule has 2 N–H and O–H groups in total. The summed E-state index contributed by atoms with van der Waals surface area (Å²) in [6.07, 6.45) is 2.65. The van der Waals surface area contributed by atoms with Crippen molar-refractivity contribution in [3.05, 3.63) is 70.3 Å². The summed E-state index contributed by atoms with van der Waals surface area (Å²) in [5, 5.41) is 21.6. The number of rotatable bonds is 16. The monoisotopic (exact) mass is 557 g/mol. The molecule has 0 fully saturated rings. The highest BCUT2D eigenvalue weighted by Crippen LogP contribution is 2.40. The maximum atomic E-state index is 12.6. The minimum Gasteiger partial charge on any atom is -0.506 e. The second-order valence-corrected chi connectivity index (χ2v) is 9.25. The number of benzene rings is 2. The van der Waals surface area contributed by atoms with Gasteiger partial charge >= 0.3 is 5.97 Å². The first-order chi connectivity index (χ1) is 19.0. The van der Waals surface area contributed by atoms with Gasteiger partial charge in [-0.15, -0.1) is 0 Å². The quantitative estimate of drug-likeness (QED) is 0.206. The standard InChI is InChI=1S/C29H35NO8S/c1-3-12-34-13-14-35-15-16-36-17-18-38-24-11-10-21(19-23(24)31)20-25-27(32)26(29(33)37-4-2)28(39-25)30-22-8-6-5-7-9-22/h5-11,19-20,31-32H,3-4,12-18H2,1-2H3/b25-20-,30-28?. The number of aliphatic hydroxyl groups is 1. The SMILES string of the molecule is CCCOCCOCCOCCOc1ccc(/C=C2\SC(=Nc3ccccc3)C(C(=O)OCC)=C2O)cc1O. The van der Waals surface area contributed by atoms with Gasteiger partial charge < -0.3 is 33.9 Å². The third-order valence-electron chi connectivity index (χ3n) is 5.22. The predicted octanol–water partition coefficient (Wildman–Crippen LogP) is 5.42. The normalized spacial score (nSPS) is 15.3. The summed E-state index contributed by atoms with van der Waals surface area (Å²) in [6, 6.07) is 14.0. The molecule has 2 aromatic rings. The minimum atomic E-state index is -0.651. The molecule has 0 saturated carbocycles. The van der Waals surface area contributed by atoms with Crippen LogP contribution in [0, 0.1) is 0 Å². The van der Waals surface area contributed by atoms with Crippen molar-refractivity contribution in [1.29, 1.82) is 0 Å². The van der Waals surface area contributed by atoms with Crippen molar-refractivity contribution in [2.75, 3.05) is 52.9 Å². The molecule has 0 unspecified atom stereocenters. The molecule has 210 valence electrons. The molecule has 1 aliphatic heterocycles. The van der Waals surface area contributed by atoms with Crippen LogP contribution in [0.5, 0.6) is 11.5 Å². The highest BCUT2D eigenvalue weighted by molar-refractivity contribution is 8.18. The van der Waals surface area contributed by atoms with Gasteiger partial charge in [0.15, 0.2) is 11.5 Å². The van der Waals surface area contributed by atoms with E-state index in [1.807, 2.05) is 18.2 Å². The molecule has 0 amide bonds. The van der Waals surface area contributed by atoms with Crippen molar-refractivity contribution in [1.82, 2.24) is 0 Å². The van der Waals surface area contributed by atoms with E-state index in [1.165, 1.54) is 6.07 Å². The number of esters is 1. The Kier molecular flexibility index (Phi) is 12.9. The molecule has 0 aromatic heterocycles. The molecule has 3 rings (SSSR count). The molecule has 1 heterocycles. The Morgan fingerprint density at radius 1 is 0.897 bits per heavy atom. The number of carbonyl (C=O) groups excluding carboxylic acids is 1. The van der Waals surface area contributed by atoms with Crippen molar-refractivity contribution in [2.45, 2.75) is 20.3 Å². The van der Waals surface area contributed by atoms with Gasteiger partial charge in [-0.25, -0.2) is 9.79 Å². The Labute approximate surface area is 233 Å². The number of nitrogens with zero attached hydrogens (tertiary/aromatic N) is 1. The molecule has 9 nitrogen and oxygen atoms in total. The largest absolute Gasteiger partial charge is 0.506 e. The number of hydrogen-bond donors (Lipinski definition) is 2. The van der Waals surface area contributed by atoms with Crippen molar-refractivity contribution >= 4 is 34.5 Å². The fourth-order valence-electron chi connectivity index (χ4n) is 3.41. The number of carbonyl (C=O) groups is 1. The van der Waals surface area contributed by atoms with Crippen LogP contribution in [0.15, 0.2) is 69.8 Å². The summed E-state index contributed by atoms with van der Waals surface area (Å²) in [6.45, 7) is 7.28. The van der Waals surface area contributed by atoms with Crippen LogP contribution < -0.4 is 4.74 Å². The summed E-state index contributed by atoms with van der Waals surface area (Å²) in [5.41, 5.74) is 1.26. The van der Waals surface area contributed by atoms with Crippen LogP contribution >= 0.6 is 11.8 Å². The number of aliphatic imine (C=N–C) groups is 1. The molecule has 0 saturated heterocycles. The molecule has 0 aliphatic carbocycles. The Hall–Kier alpha value is -3.31. The van der Waals surface area contributed by atoms with E-state index in [0.717, 1.165) is 24.8 Å². The van der Waals surface area contributed by atoms with Crippen LogP contribution in [0.2, 0.25) is 0 Å². The van der Waals surface area contributed by atoms with Crippen LogP contribution in [0.3, 0.4) is 0 Å². The van der Waals surface area contributed by atoms with Gasteiger partial charge in [0.25, 0.3) is 0 Å². The van der Waals surface area contributed by atoms with E-state index in [-0.39, 0.29) is 30.3 Å². The average Bonchev–Trinajstić information content (AvgIpc) is 3.23. The number of aromatic hydroxyl groups is 1. The lowest BCUT2D eigenvalue weighted by atomic mass is 10.1. The Morgan fingerprint density at radius 3 is 2.21 bits per heavy atom. The number of ether oxygens (including phenoxy) is 5. The van der Waals surface area contributed by atoms with Crippen molar-refractivity contribution in [3.8, 4) is 11.5 Å². The molecule has 10 heteroatoms. The fraction of sp³-hybridized carbons (Fsp3) is 0.379. The molecule has 39 heavy (non-hydrogen) atoms. The van der Waals surface area contributed by atoms with Crippen LogP contribution in [-0.4, -0.2) is 74.1 Å². The molecule has 1 aliphatic rings. The van der Waals surface area contributed by atoms with Crippen LogP contribution in [0.1, 0.15) is 25.8 Å². The molecular weight excluding hydrogens is 522 g/mol. The summed E-state index contributed by atoms with van der Waals surface area (Å²) in [7, 11) is 0. The number of thioether (sulfide) groups is 1. The van der Waals surface area contributed by atoms with Crippen molar-refractivity contribution in [3.63, 3.8) is 0 Å². The molecule has 0 radical (unpaired) electrons. The molecule has 0 atom stereocenters. The summed E-state index contributed by atoms with van der Waals surface area (Å²) < 4.78 is 27.0. The Bertz CT molecular complexity index is 1160. The van der Waals surface area contributed by atoms with E-state index in [4.69, 9.17) is 23.7 Å². The lowest BCUT2D eigenvalue weighted by Gasteiger charge is -2.10. The minimum absolute atomic E-state index is 0.0105. The van der Waals surface area contributed by atoms with E-state index in [1.54, 1.807) is 37.3 Å². The average molecular weight is 558 g/mol. The van der Waals surface area contributed by atoms with Crippen LogP contribution in [0.4, 0.5) is 5.69 Å². The maximum Gasteiger partial charge on any atom is 0.344 e. The zero-order valence-corrected chi connectivity index (χ0v) is 23.1.